The van der Waals surface area contributed by atoms with Crippen LogP contribution in [0.5, 0.6) is 0 Å². The number of hydrogen-bond donors (Lipinski definition) is 1. The van der Waals surface area contributed by atoms with Gasteiger partial charge in [0.2, 0.25) is 0 Å². The summed E-state index contributed by atoms with van der Waals surface area (Å²) >= 11 is 0. The molecule has 2 heterocycles. The Morgan fingerprint density at radius 2 is 2.17 bits per heavy atom. The summed E-state index contributed by atoms with van der Waals surface area (Å²) in [4.78, 5) is 4.96. The zero-order chi connectivity index (χ0) is 12.6. The van der Waals surface area contributed by atoms with Gasteiger partial charge >= 0.3 is 0 Å². The lowest BCUT2D eigenvalue weighted by Gasteiger charge is -2.21. The van der Waals surface area contributed by atoms with Crippen molar-refractivity contribution in [2.75, 3.05) is 46.3 Å². The quantitative estimate of drug-likeness (QED) is 0.708. The Labute approximate surface area is 110 Å². The van der Waals surface area contributed by atoms with E-state index in [0.29, 0.717) is 0 Å². The summed E-state index contributed by atoms with van der Waals surface area (Å²) in [5.41, 5.74) is 0. The molecule has 1 saturated heterocycles. The zero-order valence-corrected chi connectivity index (χ0v) is 11.4. The molecule has 0 spiro atoms. The predicted molar refractivity (Wildman–Crippen MR) is 73.6 cm³/mol. The number of nitrogens with zero attached hydrogens (tertiary/aromatic N) is 2. The molecule has 0 aromatic carbocycles. The van der Waals surface area contributed by atoms with E-state index in [-0.39, 0.29) is 0 Å². The maximum Gasteiger partial charge on any atom is 0.117 e. The number of likely N-dealkylation sites (N-methyl/N-ethyl adjacent to an activating group) is 1. The summed E-state index contributed by atoms with van der Waals surface area (Å²) in [5.74, 6) is 1.01. The molecule has 4 heteroatoms. The second-order valence-corrected chi connectivity index (χ2v) is 5.11. The first kappa shape index (κ1) is 13.6. The van der Waals surface area contributed by atoms with Crippen LogP contribution in [0.25, 0.3) is 0 Å². The van der Waals surface area contributed by atoms with Crippen molar-refractivity contribution in [1.29, 1.82) is 0 Å². The van der Waals surface area contributed by atoms with Gasteiger partial charge in [0.15, 0.2) is 0 Å². The number of rotatable bonds is 8. The van der Waals surface area contributed by atoms with Crippen molar-refractivity contribution in [1.82, 2.24) is 15.1 Å². The molecule has 1 aliphatic heterocycles. The molecule has 0 saturated carbocycles. The highest BCUT2D eigenvalue weighted by atomic mass is 16.3. The maximum absolute atomic E-state index is 5.27. The van der Waals surface area contributed by atoms with Crippen molar-refractivity contribution in [3.63, 3.8) is 0 Å². The Morgan fingerprint density at radius 3 is 2.89 bits per heavy atom. The number of furan rings is 1. The van der Waals surface area contributed by atoms with E-state index in [4.69, 9.17) is 4.42 Å². The van der Waals surface area contributed by atoms with Crippen LogP contribution in [0.1, 0.15) is 18.6 Å². The largest absolute Gasteiger partial charge is 0.468 e. The minimum Gasteiger partial charge on any atom is -0.468 e. The van der Waals surface area contributed by atoms with Crippen molar-refractivity contribution in [3.8, 4) is 0 Å². The van der Waals surface area contributed by atoms with E-state index in [2.05, 4.69) is 22.2 Å². The minimum absolute atomic E-state index is 0.826. The Hall–Kier alpha value is -0.840. The van der Waals surface area contributed by atoms with Gasteiger partial charge in [-0.3, -0.25) is 0 Å². The molecule has 102 valence electrons. The molecule has 1 aromatic heterocycles. The van der Waals surface area contributed by atoms with Crippen LogP contribution in [0.3, 0.4) is 0 Å². The zero-order valence-electron chi connectivity index (χ0n) is 11.4. The van der Waals surface area contributed by atoms with Gasteiger partial charge in [-0.1, -0.05) is 0 Å². The molecule has 18 heavy (non-hydrogen) atoms. The molecule has 0 amide bonds. The van der Waals surface area contributed by atoms with E-state index in [1.165, 1.54) is 39.0 Å². The summed E-state index contributed by atoms with van der Waals surface area (Å²) in [6, 6.07) is 3.93. The fraction of sp³-hybridized carbons (Fsp3) is 0.714. The summed E-state index contributed by atoms with van der Waals surface area (Å²) in [5, 5.41) is 3.40. The SMILES string of the molecule is CN(CCNCc1ccco1)CCN1CCCC1. The Morgan fingerprint density at radius 1 is 1.33 bits per heavy atom. The first-order chi connectivity index (χ1) is 8.84. The molecule has 2 rings (SSSR count). The third-order valence-corrected chi connectivity index (χ3v) is 3.55. The Bertz CT molecular complexity index is 307. The first-order valence-electron chi connectivity index (χ1n) is 6.98. The van der Waals surface area contributed by atoms with Gasteiger partial charge in [-0.25, -0.2) is 0 Å². The third kappa shape index (κ3) is 4.80. The van der Waals surface area contributed by atoms with Crippen molar-refractivity contribution in [3.05, 3.63) is 24.2 Å². The van der Waals surface area contributed by atoms with Gasteiger partial charge in [-0.15, -0.1) is 0 Å². The molecule has 1 aliphatic rings. The van der Waals surface area contributed by atoms with Gasteiger partial charge in [-0.2, -0.15) is 0 Å². The van der Waals surface area contributed by atoms with E-state index < -0.39 is 0 Å². The fourth-order valence-electron chi connectivity index (χ4n) is 2.32. The summed E-state index contributed by atoms with van der Waals surface area (Å²) in [6.45, 7) is 7.91. The van der Waals surface area contributed by atoms with Crippen molar-refractivity contribution < 1.29 is 4.42 Å². The second kappa shape index (κ2) is 7.56. The number of hydrogen-bond acceptors (Lipinski definition) is 4. The molecular formula is C14H25N3O. The smallest absolute Gasteiger partial charge is 0.117 e. The molecule has 1 aromatic rings. The van der Waals surface area contributed by atoms with Crippen LogP contribution in [-0.4, -0.2) is 56.1 Å². The predicted octanol–water partition coefficient (Wildman–Crippen LogP) is 1.40. The highest BCUT2D eigenvalue weighted by molar-refractivity contribution is 4.97. The van der Waals surface area contributed by atoms with Gasteiger partial charge in [0.05, 0.1) is 12.8 Å². The highest BCUT2D eigenvalue weighted by Crippen LogP contribution is 2.06. The number of likely N-dealkylation sites (tertiary alicyclic amines) is 1. The maximum atomic E-state index is 5.27. The minimum atomic E-state index is 0.826. The van der Waals surface area contributed by atoms with E-state index in [9.17, 15) is 0 Å². The molecule has 0 bridgehead atoms. The van der Waals surface area contributed by atoms with Crippen molar-refractivity contribution in [2.45, 2.75) is 19.4 Å². The second-order valence-electron chi connectivity index (χ2n) is 5.11. The third-order valence-electron chi connectivity index (χ3n) is 3.55. The van der Waals surface area contributed by atoms with E-state index in [1.807, 2.05) is 12.1 Å². The molecular weight excluding hydrogens is 226 g/mol. The average Bonchev–Trinajstić information content (AvgIpc) is 3.04. The highest BCUT2D eigenvalue weighted by Gasteiger charge is 2.11. The molecule has 0 aliphatic carbocycles. The van der Waals surface area contributed by atoms with Crippen LogP contribution >= 0.6 is 0 Å². The van der Waals surface area contributed by atoms with E-state index in [1.54, 1.807) is 6.26 Å². The summed E-state index contributed by atoms with van der Waals surface area (Å²) < 4.78 is 5.27. The molecule has 1 fully saturated rings. The molecule has 0 unspecified atom stereocenters. The van der Waals surface area contributed by atoms with Gasteiger partial charge in [0.25, 0.3) is 0 Å². The van der Waals surface area contributed by atoms with Crippen molar-refractivity contribution in [2.24, 2.45) is 0 Å². The van der Waals surface area contributed by atoms with Crippen LogP contribution in [0, 0.1) is 0 Å². The van der Waals surface area contributed by atoms with Gasteiger partial charge in [0, 0.05) is 26.2 Å². The molecule has 1 N–H and O–H groups in total. The van der Waals surface area contributed by atoms with E-state index >= 15 is 0 Å². The number of nitrogens with one attached hydrogen (secondary N) is 1. The van der Waals surface area contributed by atoms with E-state index in [0.717, 1.165) is 25.4 Å². The van der Waals surface area contributed by atoms with Crippen LogP contribution in [-0.2, 0) is 6.54 Å². The topological polar surface area (TPSA) is 31.6 Å². The van der Waals surface area contributed by atoms with Crippen molar-refractivity contribution >= 4 is 0 Å². The first-order valence-corrected chi connectivity index (χ1v) is 6.98. The Kier molecular flexibility index (Phi) is 5.71. The van der Waals surface area contributed by atoms with Gasteiger partial charge in [0.1, 0.15) is 5.76 Å². The molecule has 0 radical (unpaired) electrons. The normalized spacial score (nSPS) is 16.8. The lowest BCUT2D eigenvalue weighted by molar-refractivity contribution is 0.256. The molecule has 0 atom stereocenters. The van der Waals surface area contributed by atoms with Gasteiger partial charge < -0.3 is 19.5 Å². The molecule has 4 nitrogen and oxygen atoms in total. The van der Waals surface area contributed by atoms with Crippen LogP contribution in [0.4, 0.5) is 0 Å². The lowest BCUT2D eigenvalue weighted by atomic mass is 10.4. The summed E-state index contributed by atoms with van der Waals surface area (Å²) in [7, 11) is 2.20. The van der Waals surface area contributed by atoms with Gasteiger partial charge in [-0.05, 0) is 45.1 Å². The lowest BCUT2D eigenvalue weighted by Crippen LogP contribution is -2.35. The standard InChI is InChI=1S/C14H25N3O/c1-16(10-11-17-7-2-3-8-17)9-6-15-13-14-5-4-12-18-14/h4-5,12,15H,2-3,6-11,13H2,1H3. The fourth-order valence-corrected chi connectivity index (χ4v) is 2.32. The monoisotopic (exact) mass is 251 g/mol. The van der Waals surface area contributed by atoms with Crippen LogP contribution in [0.15, 0.2) is 22.8 Å². The Balaban J connectivity index is 1.47. The summed E-state index contributed by atoms with van der Waals surface area (Å²) in [6.07, 6.45) is 4.49. The average molecular weight is 251 g/mol. The van der Waals surface area contributed by atoms with Crippen LogP contribution in [0.2, 0.25) is 0 Å². The van der Waals surface area contributed by atoms with Crippen LogP contribution < -0.4 is 5.32 Å².